The molecule has 3 N–H and O–H groups in total. The summed E-state index contributed by atoms with van der Waals surface area (Å²) in [6, 6.07) is 4.43. The molecule has 0 radical (unpaired) electrons. The lowest BCUT2D eigenvalue weighted by Gasteiger charge is -2.14. The van der Waals surface area contributed by atoms with Crippen LogP contribution in [-0.2, 0) is 0 Å². The zero-order chi connectivity index (χ0) is 10.7. The first-order chi connectivity index (χ1) is 7.33. The van der Waals surface area contributed by atoms with E-state index in [1.54, 1.807) is 12.3 Å². The van der Waals surface area contributed by atoms with E-state index in [1.165, 1.54) is 17.4 Å². The maximum atomic E-state index is 13.5. The summed E-state index contributed by atoms with van der Waals surface area (Å²) in [5, 5.41) is 3.83. The molecule has 0 aliphatic carbocycles. The lowest BCUT2D eigenvalue weighted by Crippen LogP contribution is -2.29. The highest BCUT2D eigenvalue weighted by molar-refractivity contribution is 7.08. The molecule has 0 aromatic carbocycles. The predicted octanol–water partition coefficient (Wildman–Crippen LogP) is 1.83. The number of nitrogens with two attached hydrogens (primary N) is 1. The first-order valence-electron chi connectivity index (χ1n) is 4.41. The van der Waals surface area contributed by atoms with Gasteiger partial charge in [0.05, 0.1) is 11.7 Å². The molecule has 0 spiro atoms. The number of nitrogens with one attached hydrogen (secondary N) is 1. The van der Waals surface area contributed by atoms with Gasteiger partial charge in [0.15, 0.2) is 0 Å². The molecule has 0 aliphatic rings. The van der Waals surface area contributed by atoms with Crippen LogP contribution in [0.2, 0.25) is 0 Å². The lowest BCUT2D eigenvalue weighted by molar-refractivity contribution is 0.544. The lowest BCUT2D eigenvalue weighted by atomic mass is 10.1. The number of thiophene rings is 1. The molecule has 0 aliphatic heterocycles. The van der Waals surface area contributed by atoms with E-state index >= 15 is 0 Å². The Morgan fingerprint density at radius 3 is 2.93 bits per heavy atom. The Morgan fingerprint density at radius 2 is 2.33 bits per heavy atom. The van der Waals surface area contributed by atoms with Gasteiger partial charge in [-0.3, -0.25) is 10.8 Å². The van der Waals surface area contributed by atoms with Crippen molar-refractivity contribution in [3.63, 3.8) is 0 Å². The molecule has 0 bridgehead atoms. The van der Waals surface area contributed by atoms with Gasteiger partial charge in [-0.15, -0.1) is 0 Å². The molecule has 15 heavy (non-hydrogen) atoms. The normalized spacial score (nSPS) is 12.7. The Morgan fingerprint density at radius 1 is 1.47 bits per heavy atom. The van der Waals surface area contributed by atoms with Crippen molar-refractivity contribution in [2.75, 3.05) is 0 Å². The van der Waals surface area contributed by atoms with E-state index in [-0.39, 0.29) is 5.82 Å². The molecule has 0 fully saturated rings. The van der Waals surface area contributed by atoms with Gasteiger partial charge in [0.1, 0.15) is 5.82 Å². The Labute approximate surface area is 90.7 Å². The summed E-state index contributed by atoms with van der Waals surface area (Å²) in [4.78, 5) is 3.99. The molecular weight excluding hydrogens is 213 g/mol. The maximum absolute atomic E-state index is 13.5. The molecular formula is C10H10FN3S. The number of hydrogen-bond acceptors (Lipinski definition) is 4. The van der Waals surface area contributed by atoms with Crippen molar-refractivity contribution in [2.45, 2.75) is 6.04 Å². The number of aromatic nitrogens is 1. The van der Waals surface area contributed by atoms with Gasteiger partial charge in [-0.2, -0.15) is 11.3 Å². The zero-order valence-corrected chi connectivity index (χ0v) is 8.67. The van der Waals surface area contributed by atoms with Crippen LogP contribution < -0.4 is 11.3 Å². The van der Waals surface area contributed by atoms with Crippen molar-refractivity contribution in [2.24, 2.45) is 5.84 Å². The van der Waals surface area contributed by atoms with Crippen LogP contribution in [-0.4, -0.2) is 4.98 Å². The van der Waals surface area contributed by atoms with Gasteiger partial charge in [-0.25, -0.2) is 9.82 Å². The van der Waals surface area contributed by atoms with Crippen molar-refractivity contribution in [3.8, 4) is 0 Å². The maximum Gasteiger partial charge on any atom is 0.146 e. The molecule has 2 heterocycles. The summed E-state index contributed by atoms with van der Waals surface area (Å²) in [6.07, 6.45) is 1.55. The van der Waals surface area contributed by atoms with Gasteiger partial charge < -0.3 is 0 Å². The average Bonchev–Trinajstić information content (AvgIpc) is 2.75. The summed E-state index contributed by atoms with van der Waals surface area (Å²) in [6.45, 7) is 0. The molecule has 0 amide bonds. The van der Waals surface area contributed by atoms with Crippen LogP contribution in [0.1, 0.15) is 17.3 Å². The van der Waals surface area contributed by atoms with E-state index in [1.807, 2.05) is 16.8 Å². The van der Waals surface area contributed by atoms with E-state index in [4.69, 9.17) is 5.84 Å². The van der Waals surface area contributed by atoms with Crippen LogP contribution in [0.25, 0.3) is 0 Å². The second kappa shape index (κ2) is 4.48. The number of halogens is 1. The van der Waals surface area contributed by atoms with Gasteiger partial charge in [0.25, 0.3) is 0 Å². The number of nitrogens with zero attached hydrogens (tertiary/aromatic N) is 1. The highest BCUT2D eigenvalue weighted by Gasteiger charge is 2.17. The van der Waals surface area contributed by atoms with E-state index in [0.29, 0.717) is 5.69 Å². The van der Waals surface area contributed by atoms with Gasteiger partial charge in [0.2, 0.25) is 0 Å². The number of pyridine rings is 1. The quantitative estimate of drug-likeness (QED) is 0.616. The zero-order valence-electron chi connectivity index (χ0n) is 7.85. The summed E-state index contributed by atoms with van der Waals surface area (Å²) >= 11 is 1.54. The van der Waals surface area contributed by atoms with Crippen molar-refractivity contribution >= 4 is 11.3 Å². The Balaban J connectivity index is 2.40. The van der Waals surface area contributed by atoms with Crippen LogP contribution >= 0.6 is 11.3 Å². The predicted molar refractivity (Wildman–Crippen MR) is 57.7 cm³/mol. The first-order valence-corrected chi connectivity index (χ1v) is 5.36. The van der Waals surface area contributed by atoms with Crippen LogP contribution in [0.4, 0.5) is 4.39 Å². The molecule has 78 valence electrons. The summed E-state index contributed by atoms with van der Waals surface area (Å²) in [5.74, 6) is 5.06. The first kappa shape index (κ1) is 10.2. The largest absolute Gasteiger partial charge is 0.271 e. The van der Waals surface area contributed by atoms with Gasteiger partial charge in [0, 0.05) is 6.20 Å². The average molecular weight is 223 g/mol. The highest BCUT2D eigenvalue weighted by Crippen LogP contribution is 2.23. The summed E-state index contributed by atoms with van der Waals surface area (Å²) in [7, 11) is 0. The highest BCUT2D eigenvalue weighted by atomic mass is 32.1. The Hall–Kier alpha value is -1.30. The molecule has 2 aromatic heterocycles. The molecule has 3 nitrogen and oxygen atoms in total. The third-order valence-electron chi connectivity index (χ3n) is 2.10. The van der Waals surface area contributed by atoms with Crippen molar-refractivity contribution in [1.29, 1.82) is 0 Å². The molecule has 5 heteroatoms. The van der Waals surface area contributed by atoms with Gasteiger partial charge in [-0.05, 0) is 34.5 Å². The number of rotatable bonds is 3. The second-order valence-electron chi connectivity index (χ2n) is 3.03. The van der Waals surface area contributed by atoms with Crippen molar-refractivity contribution in [1.82, 2.24) is 10.4 Å². The standard InChI is InChI=1S/C10H10FN3S/c11-8-2-1-4-13-10(8)9(14-12)7-3-5-15-6-7/h1-6,9,14H,12H2. The minimum atomic E-state index is -0.391. The van der Waals surface area contributed by atoms with Crippen LogP contribution in [0.15, 0.2) is 35.2 Å². The minimum absolute atomic E-state index is 0.318. The van der Waals surface area contributed by atoms with E-state index in [0.717, 1.165) is 5.56 Å². The van der Waals surface area contributed by atoms with Crippen LogP contribution in [0, 0.1) is 5.82 Å². The van der Waals surface area contributed by atoms with Crippen molar-refractivity contribution in [3.05, 3.63) is 52.2 Å². The smallest absolute Gasteiger partial charge is 0.146 e. The third-order valence-corrected chi connectivity index (χ3v) is 2.81. The Kier molecular flexibility index (Phi) is 3.05. The molecule has 1 atom stereocenters. The fourth-order valence-electron chi connectivity index (χ4n) is 1.38. The van der Waals surface area contributed by atoms with Gasteiger partial charge in [-0.1, -0.05) is 0 Å². The van der Waals surface area contributed by atoms with E-state index in [9.17, 15) is 4.39 Å². The topological polar surface area (TPSA) is 50.9 Å². The fourth-order valence-corrected chi connectivity index (χ4v) is 2.07. The van der Waals surface area contributed by atoms with Crippen molar-refractivity contribution < 1.29 is 4.39 Å². The summed E-state index contributed by atoms with van der Waals surface area (Å²) in [5.41, 5.74) is 3.80. The monoisotopic (exact) mass is 223 g/mol. The number of hydrogen-bond donors (Lipinski definition) is 2. The SMILES string of the molecule is NNC(c1ccsc1)c1ncccc1F. The minimum Gasteiger partial charge on any atom is -0.271 e. The second-order valence-corrected chi connectivity index (χ2v) is 3.81. The van der Waals surface area contributed by atoms with Crippen LogP contribution in [0.5, 0.6) is 0 Å². The molecule has 1 unspecified atom stereocenters. The van der Waals surface area contributed by atoms with E-state index < -0.39 is 6.04 Å². The van der Waals surface area contributed by atoms with Gasteiger partial charge >= 0.3 is 0 Å². The third kappa shape index (κ3) is 2.04. The molecule has 2 rings (SSSR count). The van der Waals surface area contributed by atoms with Crippen LogP contribution in [0.3, 0.4) is 0 Å². The fraction of sp³-hybridized carbons (Fsp3) is 0.100. The van der Waals surface area contributed by atoms with E-state index in [2.05, 4.69) is 10.4 Å². The number of hydrazine groups is 1. The summed E-state index contributed by atoms with van der Waals surface area (Å²) < 4.78 is 13.5. The molecule has 2 aromatic rings. The molecule has 0 saturated heterocycles. The Bertz CT molecular complexity index is 430. The molecule has 0 saturated carbocycles.